The van der Waals surface area contributed by atoms with Gasteiger partial charge in [0.15, 0.2) is 0 Å². The number of hydrogen-bond donors (Lipinski definition) is 1. The van der Waals surface area contributed by atoms with Gasteiger partial charge in [-0.3, -0.25) is 0 Å². The van der Waals surface area contributed by atoms with Gasteiger partial charge in [0, 0.05) is 22.4 Å². The minimum absolute atomic E-state index is 0.00736. The van der Waals surface area contributed by atoms with E-state index in [0.717, 1.165) is 39.1 Å². The van der Waals surface area contributed by atoms with Crippen LogP contribution in [0.4, 0.5) is 13.2 Å². The molecule has 10 heteroatoms. The van der Waals surface area contributed by atoms with Gasteiger partial charge in [0.1, 0.15) is 4.88 Å². The van der Waals surface area contributed by atoms with Gasteiger partial charge < -0.3 is 5.11 Å². The molecule has 0 aliphatic rings. The van der Waals surface area contributed by atoms with Crippen molar-refractivity contribution in [3.05, 3.63) is 87.2 Å². The largest absolute Gasteiger partial charge is 0.477 e. The average Bonchev–Trinajstić information content (AvgIpc) is 3.37. The zero-order valence-electron chi connectivity index (χ0n) is 18.1. The van der Waals surface area contributed by atoms with Gasteiger partial charge >= 0.3 is 12.1 Å². The molecule has 2 heterocycles. The van der Waals surface area contributed by atoms with Crippen LogP contribution in [-0.2, 0) is 22.6 Å². The Bertz CT molecular complexity index is 1480. The average molecular weight is 508 g/mol. The summed E-state index contributed by atoms with van der Waals surface area (Å²) in [6.45, 7) is 3.96. The maximum atomic E-state index is 13.6. The molecule has 178 valence electrons. The molecule has 0 saturated carbocycles. The van der Waals surface area contributed by atoms with E-state index in [9.17, 15) is 31.5 Å². The predicted molar refractivity (Wildman–Crippen MR) is 124 cm³/mol. The van der Waals surface area contributed by atoms with Crippen LogP contribution in [0.3, 0.4) is 0 Å². The Balaban J connectivity index is 1.89. The second kappa shape index (κ2) is 8.59. The van der Waals surface area contributed by atoms with E-state index in [4.69, 9.17) is 0 Å². The topological polar surface area (TPSA) is 76.4 Å². The molecule has 0 spiro atoms. The first kappa shape index (κ1) is 24.0. The highest BCUT2D eigenvalue weighted by Crippen LogP contribution is 2.35. The zero-order valence-corrected chi connectivity index (χ0v) is 19.8. The smallest absolute Gasteiger partial charge is 0.416 e. The summed E-state index contributed by atoms with van der Waals surface area (Å²) < 4.78 is 68.2. The molecular weight excluding hydrogens is 487 g/mol. The lowest BCUT2D eigenvalue weighted by atomic mass is 10.0. The van der Waals surface area contributed by atoms with Gasteiger partial charge in [-0.25, -0.2) is 17.2 Å². The third-order valence-corrected chi connectivity index (χ3v) is 8.32. The van der Waals surface area contributed by atoms with E-state index < -0.39 is 27.7 Å². The number of aromatic carboxylic acids is 1. The van der Waals surface area contributed by atoms with E-state index in [2.05, 4.69) is 0 Å². The number of aromatic nitrogens is 1. The molecule has 4 rings (SSSR count). The first-order chi connectivity index (χ1) is 15.9. The van der Waals surface area contributed by atoms with E-state index in [1.807, 2.05) is 13.8 Å². The summed E-state index contributed by atoms with van der Waals surface area (Å²) in [6.07, 6.45) is -4.54. The number of fused-ring (bicyclic) bond motifs is 1. The van der Waals surface area contributed by atoms with Crippen molar-refractivity contribution in [3.63, 3.8) is 0 Å². The molecule has 0 atom stereocenters. The van der Waals surface area contributed by atoms with Crippen molar-refractivity contribution >= 4 is 38.2 Å². The van der Waals surface area contributed by atoms with Crippen LogP contribution in [0.15, 0.2) is 65.6 Å². The van der Waals surface area contributed by atoms with E-state index in [0.29, 0.717) is 4.88 Å². The SMILES string of the molecule is CC(C)c1ccc(S(=O)(=O)n2c(Cc3ccc(C(=O)O)s3)cc3cc(C(F)(F)F)ccc32)cc1. The zero-order chi connectivity index (χ0) is 24.8. The van der Waals surface area contributed by atoms with Crippen molar-refractivity contribution in [3.8, 4) is 0 Å². The Morgan fingerprint density at radius 3 is 2.26 bits per heavy atom. The third kappa shape index (κ3) is 4.47. The van der Waals surface area contributed by atoms with Crippen molar-refractivity contribution < 1.29 is 31.5 Å². The number of nitrogens with zero attached hydrogens (tertiary/aromatic N) is 1. The molecule has 2 aromatic heterocycles. The molecule has 5 nitrogen and oxygen atoms in total. The summed E-state index contributed by atoms with van der Waals surface area (Å²) in [6, 6.07) is 13.7. The van der Waals surface area contributed by atoms with Crippen LogP contribution in [0.1, 0.15) is 51.1 Å². The minimum Gasteiger partial charge on any atom is -0.477 e. The van der Waals surface area contributed by atoms with E-state index in [1.54, 1.807) is 18.2 Å². The lowest BCUT2D eigenvalue weighted by molar-refractivity contribution is -0.137. The van der Waals surface area contributed by atoms with Crippen molar-refractivity contribution in [1.29, 1.82) is 0 Å². The summed E-state index contributed by atoms with van der Waals surface area (Å²) in [4.78, 5) is 11.9. The highest BCUT2D eigenvalue weighted by atomic mass is 32.2. The second-order valence-electron chi connectivity index (χ2n) is 8.15. The number of hydrogen-bond acceptors (Lipinski definition) is 4. The van der Waals surface area contributed by atoms with Crippen LogP contribution in [0.5, 0.6) is 0 Å². The monoisotopic (exact) mass is 507 g/mol. The fourth-order valence-corrected chi connectivity index (χ4v) is 6.13. The maximum Gasteiger partial charge on any atom is 0.416 e. The Labute approximate surface area is 198 Å². The van der Waals surface area contributed by atoms with Crippen LogP contribution < -0.4 is 0 Å². The number of carboxylic acid groups (broad SMARTS) is 1. The molecule has 0 saturated heterocycles. The number of rotatable bonds is 6. The van der Waals surface area contributed by atoms with Gasteiger partial charge in [-0.1, -0.05) is 26.0 Å². The molecule has 0 aliphatic heterocycles. The summed E-state index contributed by atoms with van der Waals surface area (Å²) >= 11 is 0.986. The Morgan fingerprint density at radius 2 is 1.71 bits per heavy atom. The quantitative estimate of drug-likeness (QED) is 0.329. The van der Waals surface area contributed by atoms with Crippen LogP contribution in [0, 0.1) is 0 Å². The lowest BCUT2D eigenvalue weighted by Gasteiger charge is -2.13. The summed E-state index contributed by atoms with van der Waals surface area (Å²) in [5.74, 6) is -0.910. The van der Waals surface area contributed by atoms with Crippen molar-refractivity contribution in [2.45, 2.75) is 37.3 Å². The second-order valence-corrected chi connectivity index (χ2v) is 11.1. The molecule has 0 amide bonds. The molecule has 0 bridgehead atoms. The molecule has 4 aromatic rings. The van der Waals surface area contributed by atoms with Crippen LogP contribution in [0.2, 0.25) is 0 Å². The number of halogens is 3. The van der Waals surface area contributed by atoms with E-state index in [1.165, 1.54) is 24.3 Å². The number of thiophene rings is 1. The van der Waals surface area contributed by atoms with Crippen LogP contribution >= 0.6 is 11.3 Å². The molecule has 0 aliphatic carbocycles. The number of carboxylic acids is 1. The van der Waals surface area contributed by atoms with Crippen molar-refractivity contribution in [2.75, 3.05) is 0 Å². The molecule has 0 fully saturated rings. The van der Waals surface area contributed by atoms with Gasteiger partial charge in [0.25, 0.3) is 10.0 Å². The highest BCUT2D eigenvalue weighted by Gasteiger charge is 2.32. The maximum absolute atomic E-state index is 13.6. The summed E-state index contributed by atoms with van der Waals surface area (Å²) in [5.41, 5.74) is 0.421. The Morgan fingerprint density at radius 1 is 1.03 bits per heavy atom. The minimum atomic E-state index is -4.58. The summed E-state index contributed by atoms with van der Waals surface area (Å²) in [5, 5.41) is 9.31. The van der Waals surface area contributed by atoms with E-state index >= 15 is 0 Å². The lowest BCUT2D eigenvalue weighted by Crippen LogP contribution is -2.16. The van der Waals surface area contributed by atoms with Gasteiger partial charge in [0.2, 0.25) is 0 Å². The fourth-order valence-electron chi connectivity index (χ4n) is 3.73. The first-order valence-corrected chi connectivity index (χ1v) is 12.5. The van der Waals surface area contributed by atoms with Gasteiger partial charge in [0.05, 0.1) is 16.0 Å². The molecule has 34 heavy (non-hydrogen) atoms. The van der Waals surface area contributed by atoms with Crippen LogP contribution in [0.25, 0.3) is 10.9 Å². The fraction of sp³-hybridized carbons (Fsp3) is 0.208. The van der Waals surface area contributed by atoms with Crippen LogP contribution in [-0.4, -0.2) is 23.5 Å². The van der Waals surface area contributed by atoms with Gasteiger partial charge in [-0.2, -0.15) is 13.2 Å². The predicted octanol–water partition coefficient (Wildman–Crippen LogP) is 6.37. The van der Waals surface area contributed by atoms with Gasteiger partial charge in [-0.05, 0) is 60.0 Å². The highest BCUT2D eigenvalue weighted by molar-refractivity contribution is 7.90. The Hall–Kier alpha value is -3.11. The normalized spacial score (nSPS) is 12.5. The number of carbonyl (C=O) groups is 1. The molecule has 0 unspecified atom stereocenters. The molecule has 2 aromatic carbocycles. The van der Waals surface area contributed by atoms with E-state index in [-0.39, 0.29) is 38.7 Å². The standard InChI is InChI=1S/C24H20F3NO4S2/c1-14(2)15-3-7-20(8-4-15)34(31,32)28-18(13-19-6-10-22(33-19)23(29)30)12-16-11-17(24(25,26)27)5-9-21(16)28/h3-12,14H,13H2,1-2H3,(H,29,30). The number of benzene rings is 2. The Kier molecular flexibility index (Phi) is 6.07. The first-order valence-electron chi connectivity index (χ1n) is 10.3. The summed E-state index contributed by atoms with van der Waals surface area (Å²) in [7, 11) is -4.15. The van der Waals surface area contributed by atoms with Crippen molar-refractivity contribution in [2.24, 2.45) is 0 Å². The molecule has 1 N–H and O–H groups in total. The van der Waals surface area contributed by atoms with Crippen molar-refractivity contribution in [1.82, 2.24) is 3.97 Å². The third-order valence-electron chi connectivity index (χ3n) is 5.47. The van der Waals surface area contributed by atoms with Gasteiger partial charge in [-0.15, -0.1) is 11.3 Å². The molecule has 0 radical (unpaired) electrons. The molecular formula is C24H20F3NO4S2. The number of alkyl halides is 3.